The lowest BCUT2D eigenvalue weighted by molar-refractivity contribution is 0.240. The fourth-order valence-electron chi connectivity index (χ4n) is 1.47. The number of ether oxygens (including phenoxy) is 1. The van der Waals surface area contributed by atoms with Gasteiger partial charge in [-0.2, -0.15) is 0 Å². The molecule has 1 rings (SSSR count). The first-order valence-electron chi connectivity index (χ1n) is 5.74. The van der Waals surface area contributed by atoms with Gasteiger partial charge in [0.15, 0.2) is 0 Å². The molecule has 0 aromatic heterocycles. The minimum atomic E-state index is 0.0894. The Morgan fingerprint density at radius 3 is 2.25 bits per heavy atom. The van der Waals surface area contributed by atoms with Crippen molar-refractivity contribution in [2.24, 2.45) is 11.7 Å². The molecule has 3 heteroatoms. The summed E-state index contributed by atoms with van der Waals surface area (Å²) in [5.74, 6) is 1.55. The van der Waals surface area contributed by atoms with Crippen LogP contribution in [-0.2, 0) is 0 Å². The van der Waals surface area contributed by atoms with Crippen LogP contribution in [0.2, 0.25) is 0 Å². The molecule has 1 aromatic carbocycles. The minimum Gasteiger partial charge on any atom is -0.493 e. The number of hydrogen-bond acceptors (Lipinski definition) is 2. The van der Waals surface area contributed by atoms with E-state index in [1.54, 1.807) is 0 Å². The number of nitrogens with one attached hydrogen (secondary N) is 1. The molecular formula is C13H20N2O. The summed E-state index contributed by atoms with van der Waals surface area (Å²) < 4.78 is 5.67. The van der Waals surface area contributed by atoms with Crippen molar-refractivity contribution in [2.75, 3.05) is 6.61 Å². The third-order valence-electron chi connectivity index (χ3n) is 2.81. The van der Waals surface area contributed by atoms with Crippen molar-refractivity contribution < 1.29 is 4.74 Å². The highest BCUT2D eigenvalue weighted by atomic mass is 16.5. The normalized spacial score (nSPS) is 10.4. The maximum absolute atomic E-state index is 7.27. The van der Waals surface area contributed by atoms with Crippen molar-refractivity contribution in [1.29, 1.82) is 5.41 Å². The molecule has 88 valence electrons. The van der Waals surface area contributed by atoms with Crippen molar-refractivity contribution in [3.05, 3.63) is 29.8 Å². The molecule has 16 heavy (non-hydrogen) atoms. The Morgan fingerprint density at radius 2 is 1.81 bits per heavy atom. The average molecular weight is 220 g/mol. The molecule has 0 bridgehead atoms. The summed E-state index contributed by atoms with van der Waals surface area (Å²) in [6.45, 7) is 5.11. The minimum absolute atomic E-state index is 0.0894. The molecule has 0 amide bonds. The second kappa shape index (κ2) is 6.16. The van der Waals surface area contributed by atoms with Gasteiger partial charge in [0, 0.05) is 5.56 Å². The smallest absolute Gasteiger partial charge is 0.122 e. The van der Waals surface area contributed by atoms with Gasteiger partial charge in [0.25, 0.3) is 0 Å². The fourth-order valence-corrected chi connectivity index (χ4v) is 1.47. The van der Waals surface area contributed by atoms with E-state index >= 15 is 0 Å². The van der Waals surface area contributed by atoms with Gasteiger partial charge >= 0.3 is 0 Å². The van der Waals surface area contributed by atoms with Crippen LogP contribution in [0.3, 0.4) is 0 Å². The summed E-state index contributed by atoms with van der Waals surface area (Å²) in [4.78, 5) is 0. The van der Waals surface area contributed by atoms with E-state index in [2.05, 4.69) is 13.8 Å². The van der Waals surface area contributed by atoms with Crippen LogP contribution in [-0.4, -0.2) is 12.4 Å². The predicted octanol–water partition coefficient (Wildman–Crippen LogP) is 2.79. The molecule has 3 nitrogen and oxygen atoms in total. The number of nitrogens with two attached hydrogens (primary N) is 1. The quantitative estimate of drug-likeness (QED) is 0.572. The molecule has 0 unspecified atom stereocenters. The molecule has 0 atom stereocenters. The molecule has 0 aliphatic carbocycles. The first-order valence-corrected chi connectivity index (χ1v) is 5.74. The van der Waals surface area contributed by atoms with Gasteiger partial charge in [-0.3, -0.25) is 5.41 Å². The van der Waals surface area contributed by atoms with Crippen molar-refractivity contribution in [1.82, 2.24) is 0 Å². The highest BCUT2D eigenvalue weighted by Crippen LogP contribution is 2.15. The Bertz CT molecular complexity index is 328. The van der Waals surface area contributed by atoms with Gasteiger partial charge in [-0.25, -0.2) is 0 Å². The number of benzene rings is 1. The van der Waals surface area contributed by atoms with E-state index in [4.69, 9.17) is 15.9 Å². The lowest BCUT2D eigenvalue weighted by Gasteiger charge is -2.13. The molecule has 0 heterocycles. The Labute approximate surface area is 97.1 Å². The van der Waals surface area contributed by atoms with Crippen LogP contribution in [0, 0.1) is 11.3 Å². The van der Waals surface area contributed by atoms with Gasteiger partial charge in [0.05, 0.1) is 6.61 Å². The summed E-state index contributed by atoms with van der Waals surface area (Å²) in [6.07, 6.45) is 2.28. The molecule has 0 radical (unpaired) electrons. The fraction of sp³-hybridized carbons (Fsp3) is 0.462. The molecule has 3 N–H and O–H groups in total. The Hall–Kier alpha value is -1.51. The van der Waals surface area contributed by atoms with Crippen LogP contribution in [0.25, 0.3) is 0 Å². The summed E-state index contributed by atoms with van der Waals surface area (Å²) in [7, 11) is 0. The zero-order valence-electron chi connectivity index (χ0n) is 9.99. The summed E-state index contributed by atoms with van der Waals surface area (Å²) >= 11 is 0. The van der Waals surface area contributed by atoms with E-state index in [-0.39, 0.29) is 5.84 Å². The van der Waals surface area contributed by atoms with Gasteiger partial charge in [0.1, 0.15) is 11.6 Å². The molecule has 0 saturated carbocycles. The summed E-state index contributed by atoms with van der Waals surface area (Å²) in [5, 5.41) is 7.27. The highest BCUT2D eigenvalue weighted by Gasteiger charge is 2.04. The van der Waals surface area contributed by atoms with Crippen molar-refractivity contribution >= 4 is 5.84 Å². The van der Waals surface area contributed by atoms with Crippen LogP contribution in [0.15, 0.2) is 24.3 Å². The number of amidine groups is 1. The van der Waals surface area contributed by atoms with Crippen molar-refractivity contribution in [3.63, 3.8) is 0 Å². The Morgan fingerprint density at radius 1 is 1.25 bits per heavy atom. The number of hydrogen-bond donors (Lipinski definition) is 2. The lowest BCUT2D eigenvalue weighted by atomic mass is 10.1. The van der Waals surface area contributed by atoms with E-state index < -0.39 is 0 Å². The highest BCUT2D eigenvalue weighted by molar-refractivity contribution is 5.94. The number of rotatable bonds is 6. The standard InChI is InChI=1S/C13H20N2O/c1-3-10(4-2)9-16-12-7-5-11(6-8-12)13(14)15/h5-8,10H,3-4,9H2,1-2H3,(H3,14,15). The van der Waals surface area contributed by atoms with Crippen LogP contribution in [0.1, 0.15) is 32.3 Å². The second-order valence-corrected chi connectivity index (χ2v) is 3.93. The monoisotopic (exact) mass is 220 g/mol. The Kier molecular flexibility index (Phi) is 4.83. The van der Waals surface area contributed by atoms with Gasteiger partial charge in [-0.05, 0) is 30.2 Å². The first-order chi connectivity index (χ1) is 7.67. The molecule has 0 aliphatic heterocycles. The zero-order chi connectivity index (χ0) is 12.0. The molecule has 0 spiro atoms. The molecule has 0 saturated heterocycles. The SMILES string of the molecule is CCC(CC)COc1ccc(C(=N)N)cc1. The van der Waals surface area contributed by atoms with Gasteiger partial charge in [-0.15, -0.1) is 0 Å². The van der Waals surface area contributed by atoms with E-state index in [9.17, 15) is 0 Å². The summed E-state index contributed by atoms with van der Waals surface area (Å²) in [6, 6.07) is 7.34. The van der Waals surface area contributed by atoms with Crippen LogP contribution < -0.4 is 10.5 Å². The van der Waals surface area contributed by atoms with Crippen LogP contribution in [0.4, 0.5) is 0 Å². The first kappa shape index (κ1) is 12.6. The zero-order valence-corrected chi connectivity index (χ0v) is 9.99. The van der Waals surface area contributed by atoms with Crippen molar-refractivity contribution in [3.8, 4) is 5.75 Å². The van der Waals surface area contributed by atoms with Crippen LogP contribution >= 0.6 is 0 Å². The molecule has 0 fully saturated rings. The summed E-state index contributed by atoms with van der Waals surface area (Å²) in [5.41, 5.74) is 6.10. The topological polar surface area (TPSA) is 59.1 Å². The van der Waals surface area contributed by atoms with Gasteiger partial charge in [-0.1, -0.05) is 26.7 Å². The third-order valence-corrected chi connectivity index (χ3v) is 2.81. The molecule has 1 aromatic rings. The lowest BCUT2D eigenvalue weighted by Crippen LogP contribution is -2.12. The van der Waals surface area contributed by atoms with E-state index in [1.807, 2.05) is 24.3 Å². The van der Waals surface area contributed by atoms with Gasteiger partial charge in [0.2, 0.25) is 0 Å². The molecular weight excluding hydrogens is 200 g/mol. The van der Waals surface area contributed by atoms with E-state index in [0.717, 1.165) is 30.8 Å². The second-order valence-electron chi connectivity index (χ2n) is 3.93. The Balaban J connectivity index is 2.52. The average Bonchev–Trinajstić information content (AvgIpc) is 2.31. The number of nitrogen functional groups attached to an aromatic ring is 1. The molecule has 0 aliphatic rings. The largest absolute Gasteiger partial charge is 0.493 e. The van der Waals surface area contributed by atoms with Crippen molar-refractivity contribution in [2.45, 2.75) is 26.7 Å². The predicted molar refractivity (Wildman–Crippen MR) is 67.0 cm³/mol. The maximum atomic E-state index is 7.27. The third kappa shape index (κ3) is 3.57. The van der Waals surface area contributed by atoms with Crippen LogP contribution in [0.5, 0.6) is 5.75 Å². The van der Waals surface area contributed by atoms with E-state index in [1.165, 1.54) is 0 Å². The maximum Gasteiger partial charge on any atom is 0.122 e. The van der Waals surface area contributed by atoms with Gasteiger partial charge < -0.3 is 10.5 Å². The van der Waals surface area contributed by atoms with E-state index in [0.29, 0.717) is 5.92 Å².